The van der Waals surface area contributed by atoms with Gasteiger partial charge < -0.3 is 15.6 Å². The number of aromatic nitrogens is 2. The first-order valence-corrected chi connectivity index (χ1v) is 7.41. The fourth-order valence-corrected chi connectivity index (χ4v) is 2.25. The normalized spacial score (nSPS) is 10.5. The number of amides is 1. The Morgan fingerprint density at radius 2 is 1.83 bits per heavy atom. The van der Waals surface area contributed by atoms with Crippen LogP contribution < -0.4 is 11.1 Å². The van der Waals surface area contributed by atoms with Gasteiger partial charge in [-0.25, -0.2) is 4.98 Å². The Bertz CT molecular complexity index is 809. The third-order valence-electron chi connectivity index (χ3n) is 3.31. The van der Waals surface area contributed by atoms with Crippen LogP contribution in [0.25, 0.3) is 0 Å². The lowest BCUT2D eigenvalue weighted by Crippen LogP contribution is -2.12. The van der Waals surface area contributed by atoms with Crippen molar-refractivity contribution in [3.8, 4) is 0 Å². The predicted octanol–water partition coefficient (Wildman–Crippen LogP) is 3.42. The van der Waals surface area contributed by atoms with E-state index in [0.29, 0.717) is 22.9 Å². The van der Waals surface area contributed by atoms with Gasteiger partial charge in [0.25, 0.3) is 5.91 Å². The number of imidazole rings is 1. The molecule has 6 heteroatoms. The molecule has 2 aromatic carbocycles. The second-order valence-electron chi connectivity index (χ2n) is 5.13. The molecule has 0 radical (unpaired) electrons. The molecule has 0 bridgehead atoms. The Hall–Kier alpha value is -2.79. The van der Waals surface area contributed by atoms with Gasteiger partial charge in [0, 0.05) is 29.1 Å². The summed E-state index contributed by atoms with van der Waals surface area (Å²) in [5.74, 6) is -0.261. The highest BCUT2D eigenvalue weighted by Gasteiger charge is 2.10. The van der Waals surface area contributed by atoms with Crippen LogP contribution in [-0.4, -0.2) is 15.5 Å². The van der Waals surface area contributed by atoms with Gasteiger partial charge in [-0.15, -0.1) is 0 Å². The van der Waals surface area contributed by atoms with Gasteiger partial charge in [0.15, 0.2) is 0 Å². The molecule has 0 atom stereocenters. The van der Waals surface area contributed by atoms with Crippen molar-refractivity contribution in [2.24, 2.45) is 0 Å². The number of carbonyl (C=O) groups excluding carboxylic acids is 1. The number of carbonyl (C=O) groups is 1. The van der Waals surface area contributed by atoms with Crippen molar-refractivity contribution >= 4 is 28.9 Å². The molecule has 3 rings (SSSR count). The van der Waals surface area contributed by atoms with Crippen LogP contribution >= 0.6 is 11.6 Å². The van der Waals surface area contributed by atoms with E-state index < -0.39 is 0 Å². The van der Waals surface area contributed by atoms with Crippen molar-refractivity contribution in [3.63, 3.8) is 0 Å². The number of anilines is 2. The average Bonchev–Trinajstić information content (AvgIpc) is 3.00. The molecule has 1 aromatic heterocycles. The Morgan fingerprint density at radius 1 is 1.13 bits per heavy atom. The minimum Gasteiger partial charge on any atom is -0.399 e. The van der Waals surface area contributed by atoms with Crippen LogP contribution in [0.4, 0.5) is 11.4 Å². The lowest BCUT2D eigenvalue weighted by Gasteiger charge is -2.04. The number of hydrogen-bond acceptors (Lipinski definition) is 3. The smallest absolute Gasteiger partial charge is 0.275 e. The molecular formula is C17H15ClN4O. The van der Waals surface area contributed by atoms with E-state index in [9.17, 15) is 4.79 Å². The fraction of sp³-hybridized carbons (Fsp3) is 0.0588. The van der Waals surface area contributed by atoms with Crippen LogP contribution in [0.3, 0.4) is 0 Å². The predicted molar refractivity (Wildman–Crippen MR) is 91.6 cm³/mol. The summed E-state index contributed by atoms with van der Waals surface area (Å²) in [4.78, 5) is 16.3. The van der Waals surface area contributed by atoms with E-state index in [1.807, 2.05) is 28.8 Å². The van der Waals surface area contributed by atoms with E-state index >= 15 is 0 Å². The van der Waals surface area contributed by atoms with Gasteiger partial charge in [-0.3, -0.25) is 4.79 Å². The molecule has 0 aliphatic heterocycles. The van der Waals surface area contributed by atoms with Crippen molar-refractivity contribution < 1.29 is 4.79 Å². The topological polar surface area (TPSA) is 72.9 Å². The number of benzene rings is 2. The molecule has 5 nitrogen and oxygen atoms in total. The van der Waals surface area contributed by atoms with E-state index in [-0.39, 0.29) is 5.91 Å². The number of hydrogen-bond donors (Lipinski definition) is 2. The summed E-state index contributed by atoms with van der Waals surface area (Å²) in [6, 6.07) is 14.5. The van der Waals surface area contributed by atoms with Gasteiger partial charge in [-0.2, -0.15) is 0 Å². The first kappa shape index (κ1) is 15.1. The van der Waals surface area contributed by atoms with Gasteiger partial charge in [0.1, 0.15) is 5.69 Å². The summed E-state index contributed by atoms with van der Waals surface area (Å²) in [5, 5.41) is 3.40. The van der Waals surface area contributed by atoms with E-state index in [0.717, 1.165) is 11.3 Å². The lowest BCUT2D eigenvalue weighted by molar-refractivity contribution is 0.102. The number of nitrogens with zero attached hydrogens (tertiary/aromatic N) is 2. The molecule has 1 amide bonds. The number of nitrogens with one attached hydrogen (secondary N) is 1. The molecular weight excluding hydrogens is 312 g/mol. The fourth-order valence-electron chi connectivity index (χ4n) is 2.13. The molecule has 0 fully saturated rings. The molecule has 0 unspecified atom stereocenters. The first-order valence-electron chi connectivity index (χ1n) is 7.03. The van der Waals surface area contributed by atoms with Crippen LogP contribution in [0.15, 0.2) is 61.1 Å². The van der Waals surface area contributed by atoms with Crippen LogP contribution in [0, 0.1) is 0 Å². The van der Waals surface area contributed by atoms with Gasteiger partial charge in [-0.1, -0.05) is 23.7 Å². The molecule has 116 valence electrons. The van der Waals surface area contributed by atoms with E-state index in [1.54, 1.807) is 36.8 Å². The summed E-state index contributed by atoms with van der Waals surface area (Å²) in [7, 11) is 0. The van der Waals surface area contributed by atoms with Crippen molar-refractivity contribution in [1.29, 1.82) is 0 Å². The minimum atomic E-state index is -0.261. The van der Waals surface area contributed by atoms with Gasteiger partial charge in [0.05, 0.1) is 6.33 Å². The highest BCUT2D eigenvalue weighted by atomic mass is 35.5. The molecule has 3 N–H and O–H groups in total. The molecule has 0 saturated heterocycles. The molecule has 0 saturated carbocycles. The zero-order valence-electron chi connectivity index (χ0n) is 12.2. The SMILES string of the molecule is Nc1ccc(Cn2cnc(C(=O)Nc3ccc(Cl)cc3)c2)cc1. The quantitative estimate of drug-likeness (QED) is 0.721. The third kappa shape index (κ3) is 3.90. The molecule has 0 spiro atoms. The maximum atomic E-state index is 12.2. The molecule has 0 aliphatic rings. The molecule has 3 aromatic rings. The molecule has 1 heterocycles. The van der Waals surface area contributed by atoms with Crippen LogP contribution in [0.5, 0.6) is 0 Å². The van der Waals surface area contributed by atoms with Crippen LogP contribution in [-0.2, 0) is 6.54 Å². The van der Waals surface area contributed by atoms with E-state index in [2.05, 4.69) is 10.3 Å². The maximum absolute atomic E-state index is 12.2. The van der Waals surface area contributed by atoms with Crippen LogP contribution in [0.1, 0.15) is 16.1 Å². The summed E-state index contributed by atoms with van der Waals surface area (Å²) in [5.41, 5.74) is 8.51. The van der Waals surface area contributed by atoms with Crippen molar-refractivity contribution in [2.75, 3.05) is 11.1 Å². The summed E-state index contributed by atoms with van der Waals surface area (Å²) >= 11 is 5.82. The Morgan fingerprint density at radius 3 is 2.52 bits per heavy atom. The molecule has 23 heavy (non-hydrogen) atoms. The number of halogens is 1. The maximum Gasteiger partial charge on any atom is 0.275 e. The van der Waals surface area contributed by atoms with Crippen molar-refractivity contribution in [1.82, 2.24) is 9.55 Å². The Balaban J connectivity index is 1.67. The van der Waals surface area contributed by atoms with Gasteiger partial charge in [0.2, 0.25) is 0 Å². The second kappa shape index (κ2) is 6.54. The first-order chi connectivity index (χ1) is 11.1. The Kier molecular flexibility index (Phi) is 4.30. The van der Waals surface area contributed by atoms with Crippen molar-refractivity contribution in [2.45, 2.75) is 6.54 Å². The standard InChI is InChI=1S/C17H15ClN4O/c18-13-3-7-15(8-4-13)21-17(23)16-10-22(11-20-16)9-12-1-5-14(19)6-2-12/h1-8,10-11H,9,19H2,(H,21,23). The number of nitrogens with two attached hydrogens (primary N) is 1. The number of nitrogen functional groups attached to an aromatic ring is 1. The average molecular weight is 327 g/mol. The third-order valence-corrected chi connectivity index (χ3v) is 3.56. The number of rotatable bonds is 4. The zero-order valence-corrected chi connectivity index (χ0v) is 13.0. The van der Waals surface area contributed by atoms with Gasteiger partial charge in [-0.05, 0) is 42.0 Å². The summed E-state index contributed by atoms with van der Waals surface area (Å²) in [6.45, 7) is 0.626. The van der Waals surface area contributed by atoms with E-state index in [4.69, 9.17) is 17.3 Å². The van der Waals surface area contributed by atoms with Crippen LogP contribution in [0.2, 0.25) is 5.02 Å². The summed E-state index contributed by atoms with van der Waals surface area (Å²) < 4.78 is 1.85. The molecule has 0 aliphatic carbocycles. The monoisotopic (exact) mass is 326 g/mol. The largest absolute Gasteiger partial charge is 0.399 e. The lowest BCUT2D eigenvalue weighted by atomic mass is 10.2. The van der Waals surface area contributed by atoms with Gasteiger partial charge >= 0.3 is 0 Å². The Labute approximate surface area is 138 Å². The highest BCUT2D eigenvalue weighted by Crippen LogP contribution is 2.14. The second-order valence-corrected chi connectivity index (χ2v) is 5.57. The highest BCUT2D eigenvalue weighted by molar-refractivity contribution is 6.30. The minimum absolute atomic E-state index is 0.261. The van der Waals surface area contributed by atoms with E-state index in [1.165, 1.54) is 0 Å². The summed E-state index contributed by atoms with van der Waals surface area (Å²) in [6.07, 6.45) is 3.34. The zero-order chi connectivity index (χ0) is 16.2. The van der Waals surface area contributed by atoms with Crippen molar-refractivity contribution in [3.05, 3.63) is 77.3 Å².